The number of carbonyl (C=O) groups excluding carboxylic acids is 2. The average Bonchev–Trinajstić information content (AvgIpc) is 3.48. The smallest absolute Gasteiger partial charge is 0.405 e. The van der Waals surface area contributed by atoms with E-state index in [4.69, 9.17) is 25.4 Å². The quantitative estimate of drug-likeness (QED) is 0.189. The van der Waals surface area contributed by atoms with Gasteiger partial charge in [-0.3, -0.25) is 4.79 Å². The van der Waals surface area contributed by atoms with Crippen molar-refractivity contribution in [3.63, 3.8) is 0 Å². The molecule has 226 valence electrons. The summed E-state index contributed by atoms with van der Waals surface area (Å²) in [5, 5.41) is 11.4. The van der Waals surface area contributed by atoms with Crippen LogP contribution in [-0.2, 0) is 19.8 Å². The largest absolute Gasteiger partial charge is 0.433 e. The number of nitrogens with two attached hydrogens (primary N) is 2. The molecule has 4 rings (SSSR count). The number of primary amides is 1. The summed E-state index contributed by atoms with van der Waals surface area (Å²) >= 11 is 0. The lowest BCUT2D eigenvalue weighted by molar-refractivity contribution is -0.122. The number of hydrogen-bond donors (Lipinski definition) is 3. The topological polar surface area (TPSA) is 156 Å². The summed E-state index contributed by atoms with van der Waals surface area (Å²) in [6, 6.07) is 28.8. The predicted molar refractivity (Wildman–Crippen MR) is 162 cm³/mol. The first-order chi connectivity index (χ1) is 20.5. The van der Waals surface area contributed by atoms with Crippen LogP contribution in [0.2, 0.25) is 0 Å². The lowest BCUT2D eigenvalue weighted by Gasteiger charge is -2.37. The zero-order chi connectivity index (χ0) is 31.0. The Labute approximate surface area is 251 Å². The standard InChI is InChI=1S/C33H39N5O5/c1-22(43-32(2,3)4)28(41-31(35)40)30-38-37-29(42-30)26(34)20-21-27(39)36-33(23-14-8-5-9-15-23,24-16-10-6-11-17-24)25-18-12-7-13-19-25/h5-19,22,26,28H,20-21,34H2,1-4H3,(H2,35,40)(H,36,39)/t22-,26+,28+/m1/s1. The summed E-state index contributed by atoms with van der Waals surface area (Å²) in [6.07, 6.45) is -2.37. The highest BCUT2D eigenvalue weighted by Crippen LogP contribution is 2.37. The number of ether oxygens (including phenoxy) is 2. The van der Waals surface area contributed by atoms with Gasteiger partial charge in [-0.2, -0.15) is 0 Å². The molecule has 5 N–H and O–H groups in total. The van der Waals surface area contributed by atoms with Crippen LogP contribution in [0.3, 0.4) is 0 Å². The minimum Gasteiger partial charge on any atom is -0.433 e. The number of benzene rings is 3. The van der Waals surface area contributed by atoms with Crippen molar-refractivity contribution in [2.45, 2.75) is 69.9 Å². The zero-order valence-corrected chi connectivity index (χ0v) is 24.9. The fourth-order valence-corrected chi connectivity index (χ4v) is 5.07. The summed E-state index contributed by atoms with van der Waals surface area (Å²) in [7, 11) is 0. The van der Waals surface area contributed by atoms with Gasteiger partial charge in [-0.1, -0.05) is 91.0 Å². The average molecular weight is 586 g/mol. The number of carbonyl (C=O) groups is 2. The molecule has 0 spiro atoms. The molecule has 2 amide bonds. The van der Waals surface area contributed by atoms with Crippen LogP contribution >= 0.6 is 0 Å². The summed E-state index contributed by atoms with van der Waals surface area (Å²) in [5.74, 6) is -0.111. The first-order valence-electron chi connectivity index (χ1n) is 14.2. The van der Waals surface area contributed by atoms with Crippen molar-refractivity contribution in [1.82, 2.24) is 15.5 Å². The monoisotopic (exact) mass is 585 g/mol. The first kappa shape index (κ1) is 31.4. The van der Waals surface area contributed by atoms with Crippen LogP contribution in [0.4, 0.5) is 4.79 Å². The number of nitrogens with one attached hydrogen (secondary N) is 1. The maximum absolute atomic E-state index is 13.7. The van der Waals surface area contributed by atoms with E-state index in [0.717, 1.165) is 16.7 Å². The lowest BCUT2D eigenvalue weighted by atomic mass is 9.77. The molecule has 0 aliphatic heterocycles. The zero-order valence-electron chi connectivity index (χ0n) is 24.9. The van der Waals surface area contributed by atoms with Gasteiger partial charge in [-0.15, -0.1) is 10.2 Å². The van der Waals surface area contributed by atoms with Crippen LogP contribution in [0, 0.1) is 0 Å². The van der Waals surface area contributed by atoms with E-state index < -0.39 is 35.5 Å². The molecule has 0 saturated carbocycles. The normalized spacial score (nSPS) is 14.0. The van der Waals surface area contributed by atoms with Crippen LogP contribution in [0.1, 0.15) is 81.2 Å². The molecule has 43 heavy (non-hydrogen) atoms. The fourth-order valence-electron chi connectivity index (χ4n) is 5.07. The van der Waals surface area contributed by atoms with Gasteiger partial charge in [0.25, 0.3) is 5.89 Å². The Bertz CT molecular complexity index is 1380. The molecular formula is C33H39N5O5. The van der Waals surface area contributed by atoms with Crippen LogP contribution in [-0.4, -0.2) is 33.9 Å². The van der Waals surface area contributed by atoms with Crippen molar-refractivity contribution in [2.24, 2.45) is 11.5 Å². The van der Waals surface area contributed by atoms with E-state index in [2.05, 4.69) is 15.5 Å². The molecule has 4 aromatic rings. The third-order valence-corrected chi connectivity index (χ3v) is 6.86. The van der Waals surface area contributed by atoms with Crippen molar-refractivity contribution in [3.05, 3.63) is 119 Å². The molecule has 0 saturated heterocycles. The molecule has 1 aromatic heterocycles. The van der Waals surface area contributed by atoms with Crippen LogP contribution in [0.15, 0.2) is 95.4 Å². The Kier molecular flexibility index (Phi) is 9.95. The molecule has 0 radical (unpaired) electrons. The Morgan fingerprint density at radius 3 is 1.74 bits per heavy atom. The van der Waals surface area contributed by atoms with E-state index in [1.165, 1.54) is 0 Å². The molecular weight excluding hydrogens is 546 g/mol. The van der Waals surface area contributed by atoms with E-state index in [0.29, 0.717) is 0 Å². The van der Waals surface area contributed by atoms with Gasteiger partial charge in [0.15, 0.2) is 0 Å². The van der Waals surface area contributed by atoms with Crippen molar-refractivity contribution < 1.29 is 23.5 Å². The second kappa shape index (κ2) is 13.6. The van der Waals surface area contributed by atoms with E-state index in [1.807, 2.05) is 112 Å². The van der Waals surface area contributed by atoms with E-state index in [-0.39, 0.29) is 30.5 Å². The molecule has 0 bridgehead atoms. The lowest BCUT2D eigenvalue weighted by Crippen LogP contribution is -2.47. The maximum Gasteiger partial charge on any atom is 0.405 e. The highest BCUT2D eigenvalue weighted by atomic mass is 16.6. The van der Waals surface area contributed by atoms with Crippen molar-refractivity contribution in [2.75, 3.05) is 0 Å². The molecule has 0 aliphatic carbocycles. The third-order valence-electron chi connectivity index (χ3n) is 6.86. The minimum atomic E-state index is -1.03. The Morgan fingerprint density at radius 2 is 1.30 bits per heavy atom. The van der Waals surface area contributed by atoms with Gasteiger partial charge in [0.1, 0.15) is 11.6 Å². The summed E-state index contributed by atoms with van der Waals surface area (Å²) in [4.78, 5) is 25.2. The van der Waals surface area contributed by atoms with Crippen LogP contribution < -0.4 is 16.8 Å². The highest BCUT2D eigenvalue weighted by molar-refractivity contribution is 5.79. The number of aromatic nitrogens is 2. The van der Waals surface area contributed by atoms with Gasteiger partial charge in [0, 0.05) is 6.42 Å². The summed E-state index contributed by atoms with van der Waals surface area (Å²) < 4.78 is 16.9. The number of rotatable bonds is 12. The summed E-state index contributed by atoms with van der Waals surface area (Å²) in [5.41, 5.74) is 13.0. The number of hydrogen-bond acceptors (Lipinski definition) is 8. The fraction of sp³-hybridized carbons (Fsp3) is 0.333. The maximum atomic E-state index is 13.7. The predicted octanol–water partition coefficient (Wildman–Crippen LogP) is 5.30. The number of amides is 2. The molecule has 0 fully saturated rings. The molecule has 3 atom stereocenters. The molecule has 10 heteroatoms. The van der Waals surface area contributed by atoms with Crippen LogP contribution in [0.5, 0.6) is 0 Å². The van der Waals surface area contributed by atoms with Gasteiger partial charge in [-0.25, -0.2) is 4.79 Å². The third kappa shape index (κ3) is 7.85. The summed E-state index contributed by atoms with van der Waals surface area (Å²) in [6.45, 7) is 7.32. The van der Waals surface area contributed by atoms with E-state index in [1.54, 1.807) is 6.92 Å². The Hall–Kier alpha value is -4.54. The van der Waals surface area contributed by atoms with Crippen molar-refractivity contribution in [3.8, 4) is 0 Å². The Morgan fingerprint density at radius 1 is 0.837 bits per heavy atom. The van der Waals surface area contributed by atoms with Crippen molar-refractivity contribution >= 4 is 12.0 Å². The van der Waals surface area contributed by atoms with Gasteiger partial charge in [0.2, 0.25) is 17.9 Å². The van der Waals surface area contributed by atoms with Crippen LogP contribution in [0.25, 0.3) is 0 Å². The van der Waals surface area contributed by atoms with E-state index in [9.17, 15) is 9.59 Å². The van der Waals surface area contributed by atoms with Gasteiger partial charge in [0.05, 0.1) is 11.6 Å². The van der Waals surface area contributed by atoms with Gasteiger partial charge < -0.3 is 30.7 Å². The molecule has 0 unspecified atom stereocenters. The van der Waals surface area contributed by atoms with Gasteiger partial charge >= 0.3 is 6.09 Å². The Balaban J connectivity index is 1.54. The molecule has 0 aliphatic rings. The van der Waals surface area contributed by atoms with Gasteiger partial charge in [-0.05, 0) is 50.8 Å². The molecule has 1 heterocycles. The SMILES string of the molecule is C[C@@H](OC(C)(C)C)[C@H](OC(N)=O)c1nnc([C@@H](N)CCC(=O)NC(c2ccccc2)(c2ccccc2)c2ccccc2)o1. The van der Waals surface area contributed by atoms with Crippen molar-refractivity contribution in [1.29, 1.82) is 0 Å². The second-order valence-electron chi connectivity index (χ2n) is 11.3. The minimum absolute atomic E-state index is 0.00158. The first-order valence-corrected chi connectivity index (χ1v) is 14.2. The molecule has 3 aromatic carbocycles. The molecule has 10 nitrogen and oxygen atoms in total. The van der Waals surface area contributed by atoms with E-state index >= 15 is 0 Å². The second-order valence-corrected chi connectivity index (χ2v) is 11.3. The highest BCUT2D eigenvalue weighted by Gasteiger charge is 2.38. The number of nitrogens with zero attached hydrogens (tertiary/aromatic N) is 2.